The average molecular weight is 744 g/mol. The van der Waals surface area contributed by atoms with Crippen LogP contribution in [-0.4, -0.2) is 127 Å². The highest BCUT2D eigenvalue weighted by atomic mass is 16.4. The van der Waals surface area contributed by atoms with E-state index < -0.39 is 91.3 Å². The largest absolute Gasteiger partial charge is 0.480 e. The Bertz CT molecular complexity index is 1270. The first-order chi connectivity index (χ1) is 24.3. The van der Waals surface area contributed by atoms with E-state index in [-0.39, 0.29) is 62.5 Å². The number of carboxylic acids is 1. The standard InChI is InChI=1S/C30H57N13O9/c1-5-16(4)23(43-26(49)22(31)15(2)3)27(50)39-12-20(45)38-13-21(46)40-17(8-6-10-36-29(32)33)24(47)42-19(14-44)25(48)41-18(28(51)52)9-7-11-37-30(34)35/h15-19,22-23,44H,5-14,31H2,1-4H3,(H,38,45)(H,39,50)(H,40,46)(H,41,48)(H,42,47)(H,43,49)(H,51,52)(H4,32,33,36)(H4,34,35,37)/t16-,17-,18-,19-,22-,23-/m0/s1. The summed E-state index contributed by atoms with van der Waals surface area (Å²) < 4.78 is 0. The van der Waals surface area contributed by atoms with Crippen LogP contribution in [0.25, 0.3) is 0 Å². The number of nitrogens with zero attached hydrogens (tertiary/aromatic N) is 2. The van der Waals surface area contributed by atoms with Gasteiger partial charge >= 0.3 is 5.97 Å². The van der Waals surface area contributed by atoms with Gasteiger partial charge in [0.1, 0.15) is 24.2 Å². The number of hydrogen-bond donors (Lipinski definition) is 13. The van der Waals surface area contributed by atoms with Crippen LogP contribution in [0.2, 0.25) is 0 Å². The molecule has 0 heterocycles. The molecule has 0 aromatic rings. The van der Waals surface area contributed by atoms with Crippen LogP contribution in [0, 0.1) is 11.8 Å². The van der Waals surface area contributed by atoms with Gasteiger partial charge in [0.25, 0.3) is 0 Å². The molecule has 0 saturated heterocycles. The Morgan fingerprint density at radius 2 is 1.15 bits per heavy atom. The molecule has 0 bridgehead atoms. The van der Waals surface area contributed by atoms with Gasteiger partial charge in [0, 0.05) is 13.1 Å². The van der Waals surface area contributed by atoms with Crippen molar-refractivity contribution in [2.24, 2.45) is 50.5 Å². The number of aliphatic imine (C=N–C) groups is 2. The van der Waals surface area contributed by atoms with Crippen LogP contribution in [-0.2, 0) is 33.6 Å². The predicted octanol–water partition coefficient (Wildman–Crippen LogP) is -5.63. The summed E-state index contributed by atoms with van der Waals surface area (Å²) >= 11 is 0. The van der Waals surface area contributed by atoms with Crippen molar-refractivity contribution in [3.63, 3.8) is 0 Å². The van der Waals surface area contributed by atoms with E-state index in [9.17, 15) is 43.8 Å². The average Bonchev–Trinajstić information content (AvgIpc) is 3.08. The molecule has 0 aromatic heterocycles. The smallest absolute Gasteiger partial charge is 0.326 e. The first kappa shape index (κ1) is 46.8. The molecule has 52 heavy (non-hydrogen) atoms. The summed E-state index contributed by atoms with van der Waals surface area (Å²) in [7, 11) is 0. The van der Waals surface area contributed by atoms with Gasteiger partial charge in [-0.25, -0.2) is 4.79 Å². The molecule has 0 spiro atoms. The summed E-state index contributed by atoms with van der Waals surface area (Å²) in [5, 5.41) is 33.6. The highest BCUT2D eigenvalue weighted by molar-refractivity contribution is 5.95. The number of carboxylic acid groups (broad SMARTS) is 1. The van der Waals surface area contributed by atoms with Crippen molar-refractivity contribution in [2.75, 3.05) is 32.8 Å². The highest BCUT2D eigenvalue weighted by Gasteiger charge is 2.30. The van der Waals surface area contributed by atoms with Gasteiger partial charge in [0.2, 0.25) is 35.4 Å². The van der Waals surface area contributed by atoms with E-state index in [4.69, 9.17) is 28.7 Å². The topological polar surface area (TPSA) is 387 Å². The Morgan fingerprint density at radius 1 is 0.654 bits per heavy atom. The number of aliphatic carboxylic acids is 1. The van der Waals surface area contributed by atoms with Crippen molar-refractivity contribution in [3.05, 3.63) is 0 Å². The van der Waals surface area contributed by atoms with Crippen LogP contribution in [0.4, 0.5) is 0 Å². The summed E-state index contributed by atoms with van der Waals surface area (Å²) in [6.07, 6.45) is 0.797. The minimum atomic E-state index is -1.60. The minimum Gasteiger partial charge on any atom is -0.480 e. The van der Waals surface area contributed by atoms with E-state index in [2.05, 4.69) is 41.9 Å². The fraction of sp³-hybridized carbons (Fsp3) is 0.700. The molecule has 0 aromatic carbocycles. The van der Waals surface area contributed by atoms with Gasteiger partial charge in [0.15, 0.2) is 11.9 Å². The Balaban J connectivity index is 5.43. The van der Waals surface area contributed by atoms with Gasteiger partial charge < -0.3 is 70.8 Å². The molecule has 18 N–H and O–H groups in total. The molecule has 0 unspecified atom stereocenters. The zero-order valence-electron chi connectivity index (χ0n) is 30.1. The van der Waals surface area contributed by atoms with Gasteiger partial charge in [0.05, 0.1) is 25.7 Å². The third-order valence-electron chi connectivity index (χ3n) is 7.66. The lowest BCUT2D eigenvalue weighted by molar-refractivity contribution is -0.142. The van der Waals surface area contributed by atoms with Crippen LogP contribution in [0.15, 0.2) is 9.98 Å². The monoisotopic (exact) mass is 743 g/mol. The normalized spacial score (nSPS) is 14.2. The molecular formula is C30H57N13O9. The van der Waals surface area contributed by atoms with E-state index in [1.807, 2.05) is 6.92 Å². The van der Waals surface area contributed by atoms with Crippen molar-refractivity contribution in [1.82, 2.24) is 31.9 Å². The Morgan fingerprint density at radius 3 is 1.63 bits per heavy atom. The van der Waals surface area contributed by atoms with Gasteiger partial charge in [-0.05, 0) is 37.5 Å². The molecule has 0 aliphatic rings. The first-order valence-corrected chi connectivity index (χ1v) is 16.8. The number of hydrogen-bond acceptors (Lipinski definition) is 11. The third kappa shape index (κ3) is 19.2. The number of guanidine groups is 2. The highest BCUT2D eigenvalue weighted by Crippen LogP contribution is 2.09. The van der Waals surface area contributed by atoms with Crippen molar-refractivity contribution >= 4 is 53.3 Å². The van der Waals surface area contributed by atoms with E-state index in [1.165, 1.54) is 0 Å². The van der Waals surface area contributed by atoms with Gasteiger partial charge in [-0.1, -0.05) is 34.1 Å². The van der Waals surface area contributed by atoms with Crippen LogP contribution >= 0.6 is 0 Å². The fourth-order valence-corrected chi connectivity index (χ4v) is 4.29. The van der Waals surface area contributed by atoms with Gasteiger partial charge in [-0.2, -0.15) is 0 Å². The van der Waals surface area contributed by atoms with Crippen molar-refractivity contribution in [3.8, 4) is 0 Å². The lowest BCUT2D eigenvalue weighted by Gasteiger charge is -2.26. The number of amides is 6. The summed E-state index contributed by atoms with van der Waals surface area (Å²) in [4.78, 5) is 95.7. The SMILES string of the molecule is CC[C@H](C)[C@H](NC(=O)[C@@H](N)C(C)C)C(=O)NCC(=O)NCC(=O)N[C@@H](CCCN=C(N)N)C(=O)N[C@@H](CO)C(=O)N[C@@H](CCCN=C(N)N)C(=O)O. The molecular weight excluding hydrogens is 686 g/mol. The lowest BCUT2D eigenvalue weighted by atomic mass is 9.97. The molecule has 0 aliphatic carbocycles. The second-order valence-electron chi connectivity index (χ2n) is 12.3. The number of nitrogens with one attached hydrogen (secondary N) is 6. The molecule has 0 rings (SSSR count). The fourth-order valence-electron chi connectivity index (χ4n) is 4.29. The second-order valence-corrected chi connectivity index (χ2v) is 12.3. The maximum absolute atomic E-state index is 13.2. The molecule has 0 aliphatic heterocycles. The van der Waals surface area contributed by atoms with E-state index in [1.54, 1.807) is 20.8 Å². The van der Waals surface area contributed by atoms with Crippen molar-refractivity contribution < 1.29 is 43.8 Å². The van der Waals surface area contributed by atoms with Crippen LogP contribution in [0.1, 0.15) is 59.8 Å². The molecule has 0 saturated carbocycles. The van der Waals surface area contributed by atoms with Gasteiger partial charge in [-0.3, -0.25) is 38.8 Å². The summed E-state index contributed by atoms with van der Waals surface area (Å²) in [6.45, 7) is 5.20. The third-order valence-corrected chi connectivity index (χ3v) is 7.66. The number of carbonyl (C=O) groups excluding carboxylic acids is 6. The minimum absolute atomic E-state index is 0.0517. The van der Waals surface area contributed by atoms with Crippen LogP contribution in [0.5, 0.6) is 0 Å². The maximum atomic E-state index is 13.2. The molecule has 22 nitrogen and oxygen atoms in total. The number of rotatable bonds is 25. The molecule has 296 valence electrons. The van der Waals surface area contributed by atoms with Crippen LogP contribution < -0.4 is 60.6 Å². The predicted molar refractivity (Wildman–Crippen MR) is 191 cm³/mol. The van der Waals surface area contributed by atoms with E-state index in [0.29, 0.717) is 6.42 Å². The van der Waals surface area contributed by atoms with Crippen molar-refractivity contribution in [2.45, 2.75) is 90.0 Å². The second kappa shape index (κ2) is 24.8. The quantitative estimate of drug-likeness (QED) is 0.0236. The lowest BCUT2D eigenvalue weighted by Crippen LogP contribution is -2.57. The summed E-state index contributed by atoms with van der Waals surface area (Å²) in [5.74, 6) is -6.88. The number of nitrogens with two attached hydrogens (primary N) is 5. The number of aliphatic hydroxyl groups is 1. The Kier molecular flexibility index (Phi) is 22.3. The molecule has 6 amide bonds. The van der Waals surface area contributed by atoms with E-state index >= 15 is 0 Å². The van der Waals surface area contributed by atoms with Crippen LogP contribution in [0.3, 0.4) is 0 Å². The molecule has 22 heteroatoms. The maximum Gasteiger partial charge on any atom is 0.326 e. The summed E-state index contributed by atoms with van der Waals surface area (Å²) in [5.41, 5.74) is 27.0. The Labute approximate surface area is 302 Å². The van der Waals surface area contributed by atoms with Gasteiger partial charge in [-0.15, -0.1) is 0 Å². The molecule has 0 fully saturated rings. The van der Waals surface area contributed by atoms with E-state index in [0.717, 1.165) is 0 Å². The zero-order chi connectivity index (χ0) is 40.0. The summed E-state index contributed by atoms with van der Waals surface area (Å²) in [6, 6.07) is -6.11. The first-order valence-electron chi connectivity index (χ1n) is 16.8. The van der Waals surface area contributed by atoms with Crippen molar-refractivity contribution in [1.29, 1.82) is 0 Å². The molecule has 0 radical (unpaired) electrons. The zero-order valence-corrected chi connectivity index (χ0v) is 30.1. The Hall–Kier alpha value is -5.25. The number of carbonyl (C=O) groups is 7. The molecule has 6 atom stereocenters. The number of aliphatic hydroxyl groups excluding tert-OH is 1.